The molecule has 0 bridgehead atoms. The van der Waals surface area contributed by atoms with Crippen LogP contribution in [0, 0.1) is 0 Å². The van der Waals surface area contributed by atoms with Crippen molar-refractivity contribution >= 4 is 23.4 Å². The van der Waals surface area contributed by atoms with E-state index in [0.717, 1.165) is 42.4 Å². The highest BCUT2D eigenvalue weighted by atomic mass is 35.5. The molecular formula is C33H39ClN2O4. The topological polar surface area (TPSA) is 67.9 Å². The molecule has 1 fully saturated rings. The van der Waals surface area contributed by atoms with Crippen LogP contribution in [0.1, 0.15) is 55.2 Å². The van der Waals surface area contributed by atoms with Crippen molar-refractivity contribution in [3.05, 3.63) is 94.5 Å². The minimum Gasteiger partial charge on any atom is -0.493 e. The van der Waals surface area contributed by atoms with Crippen LogP contribution in [-0.4, -0.2) is 43.0 Å². The Balaban J connectivity index is 1.61. The van der Waals surface area contributed by atoms with Gasteiger partial charge in [-0.3, -0.25) is 9.59 Å². The van der Waals surface area contributed by atoms with Gasteiger partial charge in [-0.25, -0.2) is 0 Å². The second-order valence-corrected chi connectivity index (χ2v) is 10.8. The van der Waals surface area contributed by atoms with Gasteiger partial charge in [0.2, 0.25) is 11.8 Å². The minimum absolute atomic E-state index is 0.0884. The van der Waals surface area contributed by atoms with Gasteiger partial charge in [-0.2, -0.15) is 0 Å². The number of benzene rings is 3. The molecule has 1 aliphatic carbocycles. The molecule has 0 aromatic heterocycles. The standard InChI is InChI=1S/C33H39ClN2O4/c1-39-30-18-16-25(22-31(30)40-2)17-19-32(37)36(23-26-12-9-13-27(34)20-26)29(21-24-10-5-3-6-11-24)33(38)35-28-14-7-4-8-15-28/h3,5-6,9-13,16,18,20,22,28-29H,4,7-8,14-15,17,19,21,23H2,1-2H3,(H,35,38)/t29-/m0/s1. The van der Waals surface area contributed by atoms with E-state index in [9.17, 15) is 9.59 Å². The Kier molecular flexibility index (Phi) is 10.9. The number of rotatable bonds is 12. The molecule has 3 aromatic carbocycles. The molecule has 0 radical (unpaired) electrons. The minimum atomic E-state index is -0.652. The van der Waals surface area contributed by atoms with Gasteiger partial charge in [0.05, 0.1) is 14.2 Å². The van der Waals surface area contributed by atoms with E-state index < -0.39 is 6.04 Å². The molecule has 1 N–H and O–H groups in total. The van der Waals surface area contributed by atoms with E-state index in [1.807, 2.05) is 72.8 Å². The summed E-state index contributed by atoms with van der Waals surface area (Å²) in [6.07, 6.45) is 6.58. The number of aryl methyl sites for hydroxylation is 1. The van der Waals surface area contributed by atoms with Gasteiger partial charge < -0.3 is 19.7 Å². The lowest BCUT2D eigenvalue weighted by Gasteiger charge is -2.33. The normalized spacial score (nSPS) is 14.3. The highest BCUT2D eigenvalue weighted by Crippen LogP contribution is 2.28. The molecule has 3 aromatic rings. The van der Waals surface area contributed by atoms with E-state index >= 15 is 0 Å². The molecule has 0 aliphatic heterocycles. The Hall–Kier alpha value is -3.51. The summed E-state index contributed by atoms with van der Waals surface area (Å²) >= 11 is 6.30. The summed E-state index contributed by atoms with van der Waals surface area (Å²) in [4.78, 5) is 29.6. The molecule has 6 nitrogen and oxygen atoms in total. The van der Waals surface area contributed by atoms with Crippen molar-refractivity contribution in [1.29, 1.82) is 0 Å². The largest absolute Gasteiger partial charge is 0.493 e. The smallest absolute Gasteiger partial charge is 0.243 e. The summed E-state index contributed by atoms with van der Waals surface area (Å²) in [5, 5.41) is 3.88. The molecule has 7 heteroatoms. The third-order valence-corrected chi connectivity index (χ3v) is 7.78. The molecule has 40 heavy (non-hydrogen) atoms. The van der Waals surface area contributed by atoms with Crippen LogP contribution in [0.25, 0.3) is 0 Å². The third kappa shape index (κ3) is 8.25. The zero-order valence-electron chi connectivity index (χ0n) is 23.4. The molecule has 0 unspecified atom stereocenters. The summed E-state index contributed by atoms with van der Waals surface area (Å²) in [6, 6.07) is 22.6. The predicted octanol–water partition coefficient (Wildman–Crippen LogP) is 6.38. The molecule has 0 saturated heterocycles. The van der Waals surface area contributed by atoms with E-state index in [0.29, 0.717) is 35.9 Å². The van der Waals surface area contributed by atoms with Crippen LogP contribution in [0.4, 0.5) is 0 Å². The van der Waals surface area contributed by atoms with Gasteiger partial charge in [-0.05, 0) is 60.2 Å². The van der Waals surface area contributed by atoms with Crippen LogP contribution < -0.4 is 14.8 Å². The van der Waals surface area contributed by atoms with E-state index in [-0.39, 0.29) is 24.3 Å². The van der Waals surface area contributed by atoms with Gasteiger partial charge in [-0.15, -0.1) is 0 Å². The average Bonchev–Trinajstić information content (AvgIpc) is 2.98. The van der Waals surface area contributed by atoms with Crippen LogP contribution >= 0.6 is 11.6 Å². The number of amides is 2. The van der Waals surface area contributed by atoms with Crippen molar-refractivity contribution in [3.63, 3.8) is 0 Å². The van der Waals surface area contributed by atoms with Gasteiger partial charge >= 0.3 is 0 Å². The maximum absolute atomic E-state index is 14.0. The van der Waals surface area contributed by atoms with Gasteiger partial charge in [0, 0.05) is 30.5 Å². The van der Waals surface area contributed by atoms with E-state index in [1.54, 1.807) is 19.1 Å². The maximum Gasteiger partial charge on any atom is 0.243 e. The van der Waals surface area contributed by atoms with Crippen LogP contribution in [-0.2, 0) is 29.0 Å². The lowest BCUT2D eigenvalue weighted by molar-refractivity contribution is -0.141. The number of methoxy groups -OCH3 is 2. The summed E-state index contributed by atoms with van der Waals surface area (Å²) in [5.41, 5.74) is 2.85. The number of hydrogen-bond donors (Lipinski definition) is 1. The summed E-state index contributed by atoms with van der Waals surface area (Å²) in [6.45, 7) is 0.293. The van der Waals surface area contributed by atoms with Crippen molar-refractivity contribution in [1.82, 2.24) is 10.2 Å². The number of hydrogen-bond acceptors (Lipinski definition) is 4. The Morgan fingerprint density at radius 3 is 2.30 bits per heavy atom. The monoisotopic (exact) mass is 562 g/mol. The number of carbonyl (C=O) groups is 2. The molecule has 0 spiro atoms. The highest BCUT2D eigenvalue weighted by molar-refractivity contribution is 6.30. The van der Waals surface area contributed by atoms with E-state index in [2.05, 4.69) is 5.32 Å². The molecule has 2 amide bonds. The summed E-state index contributed by atoms with van der Waals surface area (Å²) < 4.78 is 10.8. The zero-order chi connectivity index (χ0) is 28.3. The highest BCUT2D eigenvalue weighted by Gasteiger charge is 2.31. The maximum atomic E-state index is 14.0. The Morgan fingerprint density at radius 2 is 1.60 bits per heavy atom. The summed E-state index contributed by atoms with van der Waals surface area (Å²) in [5.74, 6) is 1.08. The zero-order valence-corrected chi connectivity index (χ0v) is 24.2. The molecule has 0 heterocycles. The second-order valence-electron chi connectivity index (χ2n) is 10.4. The third-order valence-electron chi connectivity index (χ3n) is 7.54. The van der Waals surface area contributed by atoms with Crippen LogP contribution in [0.3, 0.4) is 0 Å². The molecule has 4 rings (SSSR count). The lowest BCUT2D eigenvalue weighted by Crippen LogP contribution is -2.52. The first-order valence-corrected chi connectivity index (χ1v) is 14.4. The van der Waals surface area contributed by atoms with Gasteiger partial charge in [0.1, 0.15) is 6.04 Å². The second kappa shape index (κ2) is 14.8. The van der Waals surface area contributed by atoms with Crippen molar-refractivity contribution in [3.8, 4) is 11.5 Å². The van der Waals surface area contributed by atoms with Crippen LogP contribution in [0.5, 0.6) is 11.5 Å². The first-order valence-electron chi connectivity index (χ1n) is 14.1. The van der Waals surface area contributed by atoms with Crippen LogP contribution in [0.2, 0.25) is 5.02 Å². The first-order chi connectivity index (χ1) is 19.5. The lowest BCUT2D eigenvalue weighted by atomic mass is 9.94. The molecular weight excluding hydrogens is 524 g/mol. The first kappa shape index (κ1) is 29.5. The van der Waals surface area contributed by atoms with E-state index in [4.69, 9.17) is 21.1 Å². The number of nitrogens with zero attached hydrogens (tertiary/aromatic N) is 1. The SMILES string of the molecule is COc1ccc(CCC(=O)N(Cc2cccc(Cl)c2)[C@@H](Cc2ccccc2)C(=O)NC2CCCCC2)cc1OC. The predicted molar refractivity (Wildman–Crippen MR) is 159 cm³/mol. The fourth-order valence-electron chi connectivity index (χ4n) is 5.36. The molecule has 1 atom stereocenters. The fraction of sp³-hybridized carbons (Fsp3) is 0.394. The van der Waals surface area contributed by atoms with Crippen molar-refractivity contribution in [2.24, 2.45) is 0 Å². The Labute approximate surface area is 242 Å². The number of nitrogens with one attached hydrogen (secondary N) is 1. The molecule has 1 saturated carbocycles. The van der Waals surface area contributed by atoms with Gasteiger partial charge in [-0.1, -0.05) is 79.4 Å². The Bertz CT molecular complexity index is 1260. The number of halogens is 1. The van der Waals surface area contributed by atoms with Crippen LogP contribution in [0.15, 0.2) is 72.8 Å². The quantitative estimate of drug-likeness (QED) is 0.278. The number of ether oxygens (including phenoxy) is 2. The molecule has 1 aliphatic rings. The van der Waals surface area contributed by atoms with Crippen molar-refractivity contribution in [2.75, 3.05) is 14.2 Å². The van der Waals surface area contributed by atoms with Crippen molar-refractivity contribution < 1.29 is 19.1 Å². The molecule has 212 valence electrons. The van der Waals surface area contributed by atoms with Gasteiger partial charge in [0.15, 0.2) is 11.5 Å². The fourth-order valence-corrected chi connectivity index (χ4v) is 5.57. The van der Waals surface area contributed by atoms with E-state index in [1.165, 1.54) is 6.42 Å². The Morgan fingerprint density at radius 1 is 0.875 bits per heavy atom. The van der Waals surface area contributed by atoms with Crippen molar-refractivity contribution in [2.45, 2.75) is 70.0 Å². The summed E-state index contributed by atoms with van der Waals surface area (Å²) in [7, 11) is 3.19. The number of carbonyl (C=O) groups excluding carboxylic acids is 2. The van der Waals surface area contributed by atoms with Gasteiger partial charge in [0.25, 0.3) is 0 Å². The average molecular weight is 563 g/mol.